The Morgan fingerprint density at radius 2 is 2.36 bits per heavy atom. The number of nitrogens with zero attached hydrogens (tertiary/aromatic N) is 4. The molecule has 0 amide bonds. The first-order valence-electron chi connectivity index (χ1n) is 4.53. The van der Waals surface area contributed by atoms with E-state index < -0.39 is 0 Å². The van der Waals surface area contributed by atoms with Gasteiger partial charge in [-0.05, 0) is 11.5 Å². The highest BCUT2D eigenvalue weighted by atomic mass is 32.1. The fourth-order valence-electron chi connectivity index (χ4n) is 1.57. The van der Waals surface area contributed by atoms with Crippen molar-refractivity contribution in [1.29, 1.82) is 5.26 Å². The van der Waals surface area contributed by atoms with Crippen molar-refractivity contribution < 1.29 is 0 Å². The zero-order chi connectivity index (χ0) is 9.80. The minimum Gasteiger partial charge on any atom is -0.314 e. The van der Waals surface area contributed by atoms with Gasteiger partial charge >= 0.3 is 0 Å². The van der Waals surface area contributed by atoms with Gasteiger partial charge in [0, 0.05) is 31.6 Å². The maximum atomic E-state index is 9.07. The van der Waals surface area contributed by atoms with Crippen LogP contribution in [0, 0.1) is 11.3 Å². The van der Waals surface area contributed by atoms with E-state index in [0.717, 1.165) is 31.9 Å². The summed E-state index contributed by atoms with van der Waals surface area (Å²) in [6.07, 6.45) is 0. The third-order valence-corrected chi connectivity index (χ3v) is 2.82. The Bertz CT molecular complexity index is 311. The maximum Gasteiger partial charge on any atom is 0.143 e. The molecule has 0 bridgehead atoms. The van der Waals surface area contributed by atoms with Gasteiger partial charge in [-0.15, -0.1) is 5.10 Å². The number of aromatic nitrogens is 2. The summed E-state index contributed by atoms with van der Waals surface area (Å²) in [6.45, 7) is 3.68. The number of piperazine rings is 1. The molecule has 0 saturated carbocycles. The fraction of sp³-hybridized carbons (Fsp3) is 0.625. The van der Waals surface area contributed by atoms with Crippen molar-refractivity contribution in [3.63, 3.8) is 0 Å². The average Bonchev–Trinajstić information content (AvgIpc) is 2.74. The number of rotatable bonds is 2. The molecule has 1 fully saturated rings. The van der Waals surface area contributed by atoms with Crippen molar-refractivity contribution in [3.8, 4) is 6.07 Å². The standard InChI is InChI=1S/C8H11N5S/c9-5-8(7-6-14-12-11-7)13-3-1-10-2-4-13/h6,8,10H,1-4H2. The van der Waals surface area contributed by atoms with Crippen LogP contribution in [-0.4, -0.2) is 40.7 Å². The topological polar surface area (TPSA) is 64.8 Å². The first kappa shape index (κ1) is 9.52. The lowest BCUT2D eigenvalue weighted by molar-refractivity contribution is 0.205. The Labute approximate surface area is 86.5 Å². The van der Waals surface area contributed by atoms with E-state index in [-0.39, 0.29) is 6.04 Å². The van der Waals surface area contributed by atoms with Crippen LogP contribution in [0.2, 0.25) is 0 Å². The molecule has 2 rings (SSSR count). The summed E-state index contributed by atoms with van der Waals surface area (Å²) >= 11 is 1.29. The highest BCUT2D eigenvalue weighted by Crippen LogP contribution is 2.18. The second kappa shape index (κ2) is 4.46. The molecule has 0 aliphatic carbocycles. The molecule has 1 atom stereocenters. The van der Waals surface area contributed by atoms with Gasteiger partial charge in [0.2, 0.25) is 0 Å². The van der Waals surface area contributed by atoms with E-state index in [1.165, 1.54) is 11.5 Å². The van der Waals surface area contributed by atoms with Gasteiger partial charge in [-0.2, -0.15) is 5.26 Å². The van der Waals surface area contributed by atoms with Crippen LogP contribution in [0.3, 0.4) is 0 Å². The summed E-state index contributed by atoms with van der Waals surface area (Å²) in [6, 6.07) is 2.05. The Morgan fingerprint density at radius 3 is 2.93 bits per heavy atom. The van der Waals surface area contributed by atoms with Crippen LogP contribution in [0.4, 0.5) is 0 Å². The van der Waals surface area contributed by atoms with Crippen molar-refractivity contribution >= 4 is 11.5 Å². The monoisotopic (exact) mass is 209 g/mol. The molecule has 0 aromatic carbocycles. The third kappa shape index (κ3) is 1.90. The second-order valence-corrected chi connectivity index (χ2v) is 3.76. The van der Waals surface area contributed by atoms with Gasteiger partial charge in [0.15, 0.2) is 0 Å². The highest BCUT2D eigenvalue weighted by molar-refractivity contribution is 7.03. The van der Waals surface area contributed by atoms with Gasteiger partial charge < -0.3 is 5.32 Å². The summed E-state index contributed by atoms with van der Waals surface area (Å²) in [5.41, 5.74) is 0.777. The third-order valence-electron chi connectivity index (χ3n) is 2.30. The molecule has 1 saturated heterocycles. The Hall–Kier alpha value is -1.03. The molecule has 0 spiro atoms. The zero-order valence-electron chi connectivity index (χ0n) is 7.68. The largest absolute Gasteiger partial charge is 0.314 e. The summed E-state index contributed by atoms with van der Waals surface area (Å²) in [5.74, 6) is 0. The summed E-state index contributed by atoms with van der Waals surface area (Å²) < 4.78 is 3.78. The molecule has 6 heteroatoms. The van der Waals surface area contributed by atoms with Crippen LogP contribution in [0.1, 0.15) is 11.7 Å². The van der Waals surface area contributed by atoms with Crippen molar-refractivity contribution in [1.82, 2.24) is 19.8 Å². The molecule has 14 heavy (non-hydrogen) atoms. The normalized spacial score (nSPS) is 20.2. The van der Waals surface area contributed by atoms with Crippen molar-refractivity contribution in [3.05, 3.63) is 11.1 Å². The number of hydrogen-bond donors (Lipinski definition) is 1. The molecule has 1 aliphatic rings. The molecule has 0 radical (unpaired) electrons. The Kier molecular flexibility index (Phi) is 3.03. The molecular formula is C8H11N5S. The average molecular weight is 209 g/mol. The van der Waals surface area contributed by atoms with Crippen LogP contribution >= 0.6 is 11.5 Å². The Balaban J connectivity index is 2.09. The van der Waals surface area contributed by atoms with Gasteiger partial charge in [-0.3, -0.25) is 4.90 Å². The van der Waals surface area contributed by atoms with Crippen molar-refractivity contribution in [2.24, 2.45) is 0 Å². The molecule has 1 aromatic heterocycles. The highest BCUT2D eigenvalue weighted by Gasteiger charge is 2.23. The number of nitrogens with one attached hydrogen (secondary N) is 1. The van der Waals surface area contributed by atoms with E-state index in [4.69, 9.17) is 5.26 Å². The zero-order valence-corrected chi connectivity index (χ0v) is 8.50. The van der Waals surface area contributed by atoms with E-state index in [0.29, 0.717) is 0 Å². The molecular weight excluding hydrogens is 198 g/mol. The lowest BCUT2D eigenvalue weighted by atomic mass is 10.2. The van der Waals surface area contributed by atoms with E-state index in [2.05, 4.69) is 25.9 Å². The van der Waals surface area contributed by atoms with E-state index in [9.17, 15) is 0 Å². The summed E-state index contributed by atoms with van der Waals surface area (Å²) in [7, 11) is 0. The first-order valence-corrected chi connectivity index (χ1v) is 5.37. The maximum absolute atomic E-state index is 9.07. The van der Waals surface area contributed by atoms with Gasteiger partial charge in [-0.25, -0.2) is 0 Å². The first-order chi connectivity index (χ1) is 6.92. The quantitative estimate of drug-likeness (QED) is 0.743. The molecule has 1 N–H and O–H groups in total. The van der Waals surface area contributed by atoms with Gasteiger partial charge in [0.1, 0.15) is 11.7 Å². The van der Waals surface area contributed by atoms with E-state index >= 15 is 0 Å². The second-order valence-electron chi connectivity index (χ2n) is 3.15. The van der Waals surface area contributed by atoms with Gasteiger partial charge in [0.05, 0.1) is 6.07 Å². The van der Waals surface area contributed by atoms with Gasteiger partial charge in [0.25, 0.3) is 0 Å². The van der Waals surface area contributed by atoms with Crippen LogP contribution in [0.25, 0.3) is 0 Å². The minimum atomic E-state index is -0.226. The van der Waals surface area contributed by atoms with Crippen molar-refractivity contribution in [2.45, 2.75) is 6.04 Å². The summed E-state index contributed by atoms with van der Waals surface area (Å²) in [5, 5.41) is 18.1. The van der Waals surface area contributed by atoms with Crippen LogP contribution in [0.15, 0.2) is 5.38 Å². The number of nitriles is 1. The SMILES string of the molecule is N#CC(c1csnn1)N1CCNCC1. The van der Waals surface area contributed by atoms with Crippen LogP contribution < -0.4 is 5.32 Å². The molecule has 2 heterocycles. The lowest BCUT2D eigenvalue weighted by Crippen LogP contribution is -2.44. The van der Waals surface area contributed by atoms with Crippen LogP contribution in [0.5, 0.6) is 0 Å². The predicted octanol–water partition coefficient (Wildman–Crippen LogP) is 0.00798. The molecule has 74 valence electrons. The lowest BCUT2D eigenvalue weighted by Gasteiger charge is -2.29. The minimum absolute atomic E-state index is 0.226. The molecule has 5 nitrogen and oxygen atoms in total. The smallest absolute Gasteiger partial charge is 0.143 e. The molecule has 1 aromatic rings. The van der Waals surface area contributed by atoms with Crippen LogP contribution in [-0.2, 0) is 0 Å². The van der Waals surface area contributed by atoms with E-state index in [1.54, 1.807) is 0 Å². The van der Waals surface area contributed by atoms with Gasteiger partial charge in [-0.1, -0.05) is 4.49 Å². The molecule has 1 aliphatic heterocycles. The fourth-order valence-corrected chi connectivity index (χ4v) is 2.04. The number of hydrogen-bond acceptors (Lipinski definition) is 6. The summed E-state index contributed by atoms with van der Waals surface area (Å²) in [4.78, 5) is 2.13. The predicted molar refractivity (Wildman–Crippen MR) is 52.7 cm³/mol. The Morgan fingerprint density at radius 1 is 1.57 bits per heavy atom. The van der Waals surface area contributed by atoms with E-state index in [1.807, 2.05) is 5.38 Å². The molecule has 1 unspecified atom stereocenters. The van der Waals surface area contributed by atoms with Crippen molar-refractivity contribution in [2.75, 3.05) is 26.2 Å².